The molecule has 0 saturated heterocycles. The first-order valence-electron chi connectivity index (χ1n) is 10.1. The molecule has 0 N–H and O–H groups in total. The number of alkyl halides is 3. The largest absolute Gasteiger partial charge is 0.416 e. The van der Waals surface area contributed by atoms with Crippen molar-refractivity contribution in [3.8, 4) is 5.75 Å². The third kappa shape index (κ3) is 7.25. The van der Waals surface area contributed by atoms with Gasteiger partial charge in [-0.2, -0.15) is 21.6 Å². The first-order chi connectivity index (χ1) is 14.6. The molecule has 2 aromatic carbocycles. The predicted octanol–water partition coefficient (Wildman–Crippen LogP) is 5.65. The average molecular weight is 472 g/mol. The molecule has 9 heteroatoms. The molecule has 0 spiro atoms. The minimum Gasteiger partial charge on any atom is -0.379 e. The van der Waals surface area contributed by atoms with Crippen LogP contribution in [0.3, 0.4) is 0 Å². The van der Waals surface area contributed by atoms with Gasteiger partial charge < -0.3 is 9.08 Å². The number of carbonyl (C=O) groups excluding carboxylic acids is 1. The minimum absolute atomic E-state index is 0.0138. The predicted molar refractivity (Wildman–Crippen MR) is 115 cm³/mol. The van der Waals surface area contributed by atoms with E-state index in [4.69, 9.17) is 4.18 Å². The second-order valence-electron chi connectivity index (χ2n) is 9.06. The molecule has 0 bridgehead atoms. The Morgan fingerprint density at radius 2 is 1.62 bits per heavy atom. The van der Waals surface area contributed by atoms with Crippen LogP contribution in [0.1, 0.15) is 52.2 Å². The van der Waals surface area contributed by atoms with Gasteiger partial charge in [0.25, 0.3) is 0 Å². The van der Waals surface area contributed by atoms with Gasteiger partial charge in [-0.15, -0.1) is 0 Å². The molecular weight excluding hydrogens is 443 g/mol. The van der Waals surface area contributed by atoms with E-state index in [2.05, 4.69) is 0 Å². The van der Waals surface area contributed by atoms with Crippen molar-refractivity contribution < 1.29 is 30.6 Å². The molecule has 0 aliphatic heterocycles. The topological polar surface area (TPSA) is 63.7 Å². The highest BCUT2D eigenvalue weighted by atomic mass is 32.2. The van der Waals surface area contributed by atoms with Crippen LogP contribution in [0.15, 0.2) is 53.4 Å². The van der Waals surface area contributed by atoms with Crippen molar-refractivity contribution in [2.24, 2.45) is 5.41 Å². The van der Waals surface area contributed by atoms with Crippen molar-refractivity contribution in [2.45, 2.75) is 64.7 Å². The van der Waals surface area contributed by atoms with Crippen LogP contribution in [-0.2, 0) is 27.6 Å². The van der Waals surface area contributed by atoms with Gasteiger partial charge in [-0.25, -0.2) is 0 Å². The molecule has 0 fully saturated rings. The molecule has 0 aliphatic rings. The Hall–Kier alpha value is -2.55. The molecule has 32 heavy (non-hydrogen) atoms. The maximum Gasteiger partial charge on any atom is 0.416 e. The van der Waals surface area contributed by atoms with E-state index in [1.807, 2.05) is 34.6 Å². The number of nitrogens with zero attached hydrogens (tertiary/aromatic N) is 1. The first-order valence-corrected chi connectivity index (χ1v) is 11.5. The fourth-order valence-corrected chi connectivity index (χ4v) is 3.94. The zero-order valence-electron chi connectivity index (χ0n) is 18.7. The van der Waals surface area contributed by atoms with E-state index < -0.39 is 26.8 Å². The molecule has 1 amide bonds. The highest BCUT2D eigenvalue weighted by molar-refractivity contribution is 7.87. The highest BCUT2D eigenvalue weighted by Crippen LogP contribution is 2.31. The molecule has 5 nitrogen and oxygen atoms in total. The van der Waals surface area contributed by atoms with Crippen LogP contribution >= 0.6 is 0 Å². The van der Waals surface area contributed by atoms with Crippen molar-refractivity contribution in [3.05, 3.63) is 59.7 Å². The molecule has 0 atom stereocenters. The summed E-state index contributed by atoms with van der Waals surface area (Å²) in [6.45, 7) is 10.1. The van der Waals surface area contributed by atoms with Crippen LogP contribution < -0.4 is 4.18 Å². The summed E-state index contributed by atoms with van der Waals surface area (Å²) >= 11 is 0. The number of halogens is 3. The fourth-order valence-electron chi connectivity index (χ4n) is 2.96. The Bertz CT molecular complexity index is 1040. The Balaban J connectivity index is 2.16. The van der Waals surface area contributed by atoms with Crippen LogP contribution in [0, 0.1) is 5.41 Å². The Labute approximate surface area is 187 Å². The van der Waals surface area contributed by atoms with Gasteiger partial charge in [0.15, 0.2) is 0 Å². The van der Waals surface area contributed by atoms with Gasteiger partial charge in [-0.3, -0.25) is 4.79 Å². The number of hydrogen-bond acceptors (Lipinski definition) is 4. The van der Waals surface area contributed by atoms with Gasteiger partial charge in [-0.1, -0.05) is 39.0 Å². The van der Waals surface area contributed by atoms with Crippen molar-refractivity contribution in [1.82, 2.24) is 4.90 Å². The van der Waals surface area contributed by atoms with Crippen LogP contribution in [-0.4, -0.2) is 25.3 Å². The summed E-state index contributed by atoms with van der Waals surface area (Å²) in [6.07, 6.45) is -4.28. The molecule has 0 saturated carbocycles. The number of hydrogen-bond donors (Lipinski definition) is 0. The van der Waals surface area contributed by atoms with Crippen molar-refractivity contribution >= 4 is 16.0 Å². The second kappa shape index (κ2) is 9.52. The van der Waals surface area contributed by atoms with E-state index in [-0.39, 0.29) is 23.1 Å². The van der Waals surface area contributed by atoms with E-state index >= 15 is 0 Å². The number of carbonyl (C=O) groups is 1. The maximum atomic E-state index is 12.9. The van der Waals surface area contributed by atoms with E-state index in [9.17, 15) is 26.4 Å². The van der Waals surface area contributed by atoms with E-state index in [1.165, 1.54) is 12.1 Å². The van der Waals surface area contributed by atoms with E-state index in [0.29, 0.717) is 19.0 Å². The van der Waals surface area contributed by atoms with Crippen LogP contribution in [0.2, 0.25) is 0 Å². The molecular formula is C23H28F3NO4S. The molecule has 0 aromatic heterocycles. The van der Waals surface area contributed by atoms with E-state index in [1.54, 1.807) is 17.0 Å². The lowest BCUT2D eigenvalue weighted by Gasteiger charge is -2.30. The average Bonchev–Trinajstić information content (AvgIpc) is 2.65. The summed E-state index contributed by atoms with van der Waals surface area (Å²) in [7, 11) is -4.44. The molecule has 2 aromatic rings. The van der Waals surface area contributed by atoms with Gasteiger partial charge in [0.1, 0.15) is 10.6 Å². The summed E-state index contributed by atoms with van der Waals surface area (Å²) in [4.78, 5) is 13.8. The third-order valence-electron chi connectivity index (χ3n) is 4.56. The number of rotatable bonds is 7. The summed E-state index contributed by atoms with van der Waals surface area (Å²) in [5, 5.41) is 0. The first kappa shape index (κ1) is 25.7. The van der Waals surface area contributed by atoms with Gasteiger partial charge in [0, 0.05) is 19.0 Å². The highest BCUT2D eigenvalue weighted by Gasteiger charge is 2.32. The number of amides is 1. The molecule has 0 unspecified atom stereocenters. The summed E-state index contributed by atoms with van der Waals surface area (Å²) in [6, 6.07) is 9.41. The lowest BCUT2D eigenvalue weighted by atomic mass is 9.91. The molecule has 0 radical (unpaired) electrons. The second-order valence-corrected chi connectivity index (χ2v) is 10.6. The fraction of sp³-hybridized carbons (Fsp3) is 0.435. The zero-order chi connectivity index (χ0) is 24.3. The lowest BCUT2D eigenvalue weighted by molar-refractivity contribution is -0.138. The monoisotopic (exact) mass is 471 g/mol. The lowest BCUT2D eigenvalue weighted by Crippen LogP contribution is -2.38. The number of benzene rings is 2. The standard InChI is InChI=1S/C23H28F3NO4S/c1-16(2)27(21(28)14-22(3,4)5)15-17-9-11-19(12-10-17)31-32(29,30)20-8-6-7-18(13-20)23(24,25)26/h6-13,16H,14-15H2,1-5H3. The molecule has 0 aliphatic carbocycles. The van der Waals surface area contributed by atoms with E-state index in [0.717, 1.165) is 23.8 Å². The van der Waals surface area contributed by atoms with Gasteiger partial charge in [-0.05, 0) is 55.2 Å². The quantitative estimate of drug-likeness (QED) is 0.490. The van der Waals surface area contributed by atoms with Crippen LogP contribution in [0.4, 0.5) is 13.2 Å². The third-order valence-corrected chi connectivity index (χ3v) is 5.80. The summed E-state index contributed by atoms with van der Waals surface area (Å²) < 4.78 is 68.4. The normalized spacial score (nSPS) is 12.7. The zero-order valence-corrected chi connectivity index (χ0v) is 19.5. The van der Waals surface area contributed by atoms with Crippen LogP contribution in [0.25, 0.3) is 0 Å². The SMILES string of the molecule is CC(C)N(Cc1ccc(OS(=O)(=O)c2cccc(C(F)(F)F)c2)cc1)C(=O)CC(C)(C)C. The molecule has 0 heterocycles. The minimum atomic E-state index is -4.67. The van der Waals surface area contributed by atoms with Crippen molar-refractivity contribution in [3.63, 3.8) is 0 Å². The Morgan fingerprint density at radius 3 is 2.12 bits per heavy atom. The maximum absolute atomic E-state index is 12.9. The Kier molecular flexibility index (Phi) is 7.65. The van der Waals surface area contributed by atoms with Crippen molar-refractivity contribution in [2.75, 3.05) is 0 Å². The summed E-state index contributed by atoms with van der Waals surface area (Å²) in [5.41, 5.74) is -0.462. The van der Waals surface area contributed by atoms with Gasteiger partial charge in [0.05, 0.1) is 5.56 Å². The van der Waals surface area contributed by atoms with Gasteiger partial charge >= 0.3 is 16.3 Å². The summed E-state index contributed by atoms with van der Waals surface area (Å²) in [5.74, 6) is -0.0248. The van der Waals surface area contributed by atoms with Gasteiger partial charge in [0.2, 0.25) is 5.91 Å². The van der Waals surface area contributed by atoms with Crippen molar-refractivity contribution in [1.29, 1.82) is 0 Å². The Morgan fingerprint density at radius 1 is 1.03 bits per heavy atom. The molecule has 2 rings (SSSR count). The van der Waals surface area contributed by atoms with Crippen LogP contribution in [0.5, 0.6) is 5.75 Å². The molecule has 176 valence electrons. The smallest absolute Gasteiger partial charge is 0.379 e.